The Kier molecular flexibility index (Phi) is 5.40. The maximum atomic E-state index is 12.5. The Morgan fingerprint density at radius 3 is 2.77 bits per heavy atom. The van der Waals surface area contributed by atoms with Crippen molar-refractivity contribution in [2.45, 2.75) is 32.2 Å². The minimum absolute atomic E-state index is 0.0319. The molecule has 2 heterocycles. The number of fused-ring (bicyclic) bond motifs is 1. The first kappa shape index (κ1) is 17.8. The van der Waals surface area contributed by atoms with Crippen molar-refractivity contribution in [3.05, 3.63) is 30.3 Å². The molecule has 8 heteroatoms. The Bertz CT molecular complexity index is 801. The third-order valence-corrected chi connectivity index (χ3v) is 4.04. The predicted molar refractivity (Wildman–Crippen MR) is 91.3 cm³/mol. The number of nitrogens with one attached hydrogen (secondary N) is 1. The van der Waals surface area contributed by atoms with Gasteiger partial charge in [-0.1, -0.05) is 19.8 Å². The first-order valence-electron chi connectivity index (χ1n) is 8.47. The van der Waals surface area contributed by atoms with Crippen LogP contribution in [0, 0.1) is 0 Å². The van der Waals surface area contributed by atoms with E-state index in [4.69, 9.17) is 13.9 Å². The fourth-order valence-electron chi connectivity index (χ4n) is 2.69. The molecule has 1 aromatic heterocycles. The molecule has 0 saturated carbocycles. The number of oxazole rings is 1. The third kappa shape index (κ3) is 3.79. The monoisotopic (exact) mass is 360 g/mol. The van der Waals surface area contributed by atoms with E-state index < -0.39 is 17.9 Å². The molecule has 26 heavy (non-hydrogen) atoms. The largest absolute Gasteiger partial charge is 0.486 e. The molecule has 1 aliphatic rings. The fraction of sp³-hybridized carbons (Fsp3) is 0.389. The molecule has 8 nitrogen and oxygen atoms in total. The highest BCUT2D eigenvalue weighted by Crippen LogP contribution is 2.35. The average Bonchev–Trinajstić information content (AvgIpc) is 3.14. The highest BCUT2D eigenvalue weighted by atomic mass is 16.6. The van der Waals surface area contributed by atoms with Gasteiger partial charge in [-0.05, 0) is 24.6 Å². The first-order valence-corrected chi connectivity index (χ1v) is 8.47. The summed E-state index contributed by atoms with van der Waals surface area (Å²) in [5, 5.41) is 11.8. The molecule has 0 spiro atoms. The van der Waals surface area contributed by atoms with Gasteiger partial charge in [0.1, 0.15) is 19.3 Å². The van der Waals surface area contributed by atoms with Crippen molar-refractivity contribution < 1.29 is 28.6 Å². The van der Waals surface area contributed by atoms with Crippen molar-refractivity contribution in [1.82, 2.24) is 10.3 Å². The topological polar surface area (TPSA) is 111 Å². The van der Waals surface area contributed by atoms with E-state index in [1.165, 1.54) is 0 Å². The summed E-state index contributed by atoms with van der Waals surface area (Å²) in [5.41, 5.74) is 0.627. The summed E-state index contributed by atoms with van der Waals surface area (Å²) < 4.78 is 16.4. The van der Waals surface area contributed by atoms with Crippen LogP contribution >= 0.6 is 0 Å². The number of aromatic nitrogens is 1. The number of carbonyl (C=O) groups excluding carboxylic acids is 1. The van der Waals surface area contributed by atoms with E-state index in [-0.39, 0.29) is 11.5 Å². The lowest BCUT2D eigenvalue weighted by atomic mass is 10.1. The van der Waals surface area contributed by atoms with Gasteiger partial charge >= 0.3 is 5.97 Å². The third-order valence-electron chi connectivity index (χ3n) is 4.04. The molecule has 0 radical (unpaired) electrons. The van der Waals surface area contributed by atoms with E-state index in [9.17, 15) is 14.7 Å². The molecular formula is C18H20N2O6. The van der Waals surface area contributed by atoms with Crippen LogP contribution in [0.4, 0.5) is 0 Å². The van der Waals surface area contributed by atoms with E-state index in [2.05, 4.69) is 10.3 Å². The van der Waals surface area contributed by atoms with Crippen molar-refractivity contribution in [1.29, 1.82) is 0 Å². The Balaban J connectivity index is 1.81. The maximum absolute atomic E-state index is 12.5. The van der Waals surface area contributed by atoms with Crippen LogP contribution in [0.3, 0.4) is 0 Å². The number of unbranched alkanes of at least 4 members (excludes halogenated alkanes) is 1. The summed E-state index contributed by atoms with van der Waals surface area (Å²) in [6, 6.07) is 4.20. The van der Waals surface area contributed by atoms with E-state index in [0.717, 1.165) is 12.8 Å². The second-order valence-electron chi connectivity index (χ2n) is 5.90. The maximum Gasteiger partial charge on any atom is 0.326 e. The number of hydrogen-bond donors (Lipinski definition) is 2. The molecule has 0 fully saturated rings. The van der Waals surface area contributed by atoms with Crippen LogP contribution in [0.2, 0.25) is 0 Å². The lowest BCUT2D eigenvalue weighted by Gasteiger charge is -2.18. The van der Waals surface area contributed by atoms with Crippen LogP contribution in [0.25, 0.3) is 11.3 Å². The van der Waals surface area contributed by atoms with Crippen LogP contribution in [0.15, 0.2) is 29.0 Å². The van der Waals surface area contributed by atoms with Gasteiger partial charge in [-0.3, -0.25) is 4.79 Å². The number of carboxylic acids is 1. The minimum Gasteiger partial charge on any atom is -0.486 e. The Morgan fingerprint density at radius 2 is 2.04 bits per heavy atom. The number of nitrogens with zero attached hydrogens (tertiary/aromatic N) is 1. The second-order valence-corrected chi connectivity index (χ2v) is 5.90. The summed E-state index contributed by atoms with van der Waals surface area (Å²) in [6.45, 7) is 2.88. The van der Waals surface area contributed by atoms with Gasteiger partial charge in [0.2, 0.25) is 0 Å². The summed E-state index contributed by atoms with van der Waals surface area (Å²) in [6.07, 6.45) is 3.05. The molecule has 2 N–H and O–H groups in total. The van der Waals surface area contributed by atoms with Crippen LogP contribution < -0.4 is 14.8 Å². The molecule has 1 atom stereocenters. The fourth-order valence-corrected chi connectivity index (χ4v) is 2.69. The van der Waals surface area contributed by atoms with Crippen LogP contribution in [-0.4, -0.2) is 41.2 Å². The summed E-state index contributed by atoms with van der Waals surface area (Å²) in [4.78, 5) is 27.8. The molecule has 3 rings (SSSR count). The predicted octanol–water partition coefficient (Wildman–Crippen LogP) is 2.49. The molecule has 138 valence electrons. The van der Waals surface area contributed by atoms with Crippen molar-refractivity contribution in [2.75, 3.05) is 13.2 Å². The van der Waals surface area contributed by atoms with Gasteiger partial charge in [-0.25, -0.2) is 9.78 Å². The number of amides is 1. The zero-order valence-electron chi connectivity index (χ0n) is 14.4. The zero-order chi connectivity index (χ0) is 18.5. The standard InChI is InChI=1S/C18H20N2O6/c1-2-3-4-12(18(22)23)20-17(21)15-16(26-10-19-15)11-5-6-13-14(9-11)25-8-7-24-13/h5-6,9-10,12H,2-4,7-8H2,1H3,(H,20,21)(H,22,23). The normalized spacial score (nSPS) is 13.9. The Morgan fingerprint density at radius 1 is 1.27 bits per heavy atom. The molecule has 1 aliphatic heterocycles. The van der Waals surface area contributed by atoms with Crippen molar-refractivity contribution in [3.63, 3.8) is 0 Å². The average molecular weight is 360 g/mol. The lowest BCUT2D eigenvalue weighted by molar-refractivity contribution is -0.139. The summed E-state index contributed by atoms with van der Waals surface area (Å²) in [7, 11) is 0. The number of carbonyl (C=O) groups is 2. The molecule has 1 unspecified atom stereocenters. The summed E-state index contributed by atoms with van der Waals surface area (Å²) in [5.74, 6) is -0.235. The van der Waals surface area contributed by atoms with Crippen molar-refractivity contribution >= 4 is 11.9 Å². The Labute approximate surface area is 150 Å². The molecule has 0 bridgehead atoms. The highest BCUT2D eigenvalue weighted by Gasteiger charge is 2.25. The van der Waals surface area contributed by atoms with E-state index >= 15 is 0 Å². The smallest absolute Gasteiger partial charge is 0.326 e. The lowest BCUT2D eigenvalue weighted by Crippen LogP contribution is -2.41. The van der Waals surface area contributed by atoms with Gasteiger partial charge in [0.05, 0.1) is 0 Å². The van der Waals surface area contributed by atoms with Gasteiger partial charge in [0.15, 0.2) is 29.3 Å². The first-order chi connectivity index (χ1) is 12.6. The molecule has 1 amide bonds. The number of ether oxygens (including phenoxy) is 2. The molecular weight excluding hydrogens is 340 g/mol. The van der Waals surface area contributed by atoms with Gasteiger partial charge in [-0.2, -0.15) is 0 Å². The minimum atomic E-state index is -1.07. The highest BCUT2D eigenvalue weighted by molar-refractivity contribution is 5.99. The van der Waals surface area contributed by atoms with Crippen LogP contribution in [-0.2, 0) is 4.79 Å². The second kappa shape index (κ2) is 7.90. The number of benzene rings is 1. The zero-order valence-corrected chi connectivity index (χ0v) is 14.4. The quantitative estimate of drug-likeness (QED) is 0.780. The molecule has 2 aromatic rings. The number of hydrogen-bond acceptors (Lipinski definition) is 6. The Hall–Kier alpha value is -3.03. The molecule has 0 saturated heterocycles. The van der Waals surface area contributed by atoms with Crippen molar-refractivity contribution in [3.8, 4) is 22.8 Å². The number of rotatable bonds is 7. The van der Waals surface area contributed by atoms with Gasteiger partial charge < -0.3 is 24.3 Å². The van der Waals surface area contributed by atoms with Gasteiger partial charge in [-0.15, -0.1) is 0 Å². The van der Waals surface area contributed by atoms with Crippen LogP contribution in [0.1, 0.15) is 36.7 Å². The van der Waals surface area contributed by atoms with Gasteiger partial charge in [0, 0.05) is 5.56 Å². The number of aliphatic carboxylic acids is 1. The molecule has 1 aromatic carbocycles. The summed E-state index contributed by atoms with van der Waals surface area (Å²) >= 11 is 0. The van der Waals surface area contributed by atoms with Crippen molar-refractivity contribution in [2.24, 2.45) is 0 Å². The number of carboxylic acid groups (broad SMARTS) is 1. The van der Waals surface area contributed by atoms with E-state index in [1.54, 1.807) is 18.2 Å². The van der Waals surface area contributed by atoms with Crippen LogP contribution in [0.5, 0.6) is 11.5 Å². The van der Waals surface area contributed by atoms with Gasteiger partial charge in [0.25, 0.3) is 5.91 Å². The van der Waals surface area contributed by atoms with E-state index in [1.807, 2.05) is 6.92 Å². The SMILES string of the molecule is CCCCC(NC(=O)c1ncoc1-c1ccc2c(c1)OCCO2)C(=O)O. The van der Waals surface area contributed by atoms with E-state index in [0.29, 0.717) is 43.1 Å². The molecule has 0 aliphatic carbocycles.